The van der Waals surface area contributed by atoms with E-state index in [-0.39, 0.29) is 11.7 Å². The molecule has 0 saturated carbocycles. The maximum absolute atomic E-state index is 16.2. The number of ether oxygens (including phenoxy) is 2. The second kappa shape index (κ2) is 9.93. The molecule has 1 N–H and O–H groups in total. The first-order valence-corrected chi connectivity index (χ1v) is 13.4. The third-order valence-electron chi connectivity index (χ3n) is 8.15. The minimum atomic E-state index is -0.236. The number of H-pyrrole nitrogens is 1. The third kappa shape index (κ3) is 4.43. The largest absolute Gasteiger partial charge is 0.493 e. The Kier molecular flexibility index (Phi) is 6.48. The fourth-order valence-corrected chi connectivity index (χ4v) is 6.20. The highest BCUT2D eigenvalue weighted by Gasteiger charge is 2.28. The van der Waals surface area contributed by atoms with Crippen molar-refractivity contribution in [3.05, 3.63) is 36.2 Å². The molecule has 2 fully saturated rings. The van der Waals surface area contributed by atoms with Crippen LogP contribution >= 0.6 is 0 Å². The molecule has 0 aliphatic carbocycles. The van der Waals surface area contributed by atoms with Crippen molar-refractivity contribution < 1.29 is 13.9 Å². The standard InChI is InChI=1S/C28H35FN6O2/c1-17(2)23-24-21(33-26(23)20-13-22(36-3)27-31-16-32-35(27)15-20)14-30-28(25(24)29)34-8-4-18(5-9-34)12-19-6-10-37-11-7-19/h13-19,33H,4-12H2,1-3H3. The van der Waals surface area contributed by atoms with Crippen molar-refractivity contribution in [2.75, 3.05) is 38.3 Å². The first-order valence-electron chi connectivity index (χ1n) is 13.4. The molecule has 0 amide bonds. The van der Waals surface area contributed by atoms with Gasteiger partial charge in [0.2, 0.25) is 0 Å². The fourth-order valence-electron chi connectivity index (χ4n) is 6.20. The molecule has 2 aliphatic rings. The first-order chi connectivity index (χ1) is 18.0. The number of hydrogen-bond donors (Lipinski definition) is 1. The van der Waals surface area contributed by atoms with Crippen molar-refractivity contribution in [1.29, 1.82) is 0 Å². The van der Waals surface area contributed by atoms with E-state index in [0.717, 1.165) is 61.9 Å². The maximum Gasteiger partial charge on any atom is 0.197 e. The summed E-state index contributed by atoms with van der Waals surface area (Å²) in [5.41, 5.74) is 4.00. The molecule has 6 rings (SSSR count). The van der Waals surface area contributed by atoms with E-state index in [1.807, 2.05) is 12.3 Å². The van der Waals surface area contributed by atoms with Crippen LogP contribution in [0.25, 0.3) is 27.8 Å². The van der Waals surface area contributed by atoms with Gasteiger partial charge in [0.25, 0.3) is 0 Å². The van der Waals surface area contributed by atoms with E-state index < -0.39 is 0 Å². The highest BCUT2D eigenvalue weighted by molar-refractivity contribution is 5.93. The second-order valence-corrected chi connectivity index (χ2v) is 10.8. The van der Waals surface area contributed by atoms with Gasteiger partial charge in [-0.25, -0.2) is 18.9 Å². The lowest BCUT2D eigenvalue weighted by atomic mass is 9.84. The lowest BCUT2D eigenvalue weighted by Crippen LogP contribution is -2.35. The van der Waals surface area contributed by atoms with Crippen molar-refractivity contribution in [2.24, 2.45) is 11.8 Å². The van der Waals surface area contributed by atoms with Crippen LogP contribution in [0.2, 0.25) is 0 Å². The fraction of sp³-hybridized carbons (Fsp3) is 0.536. The molecule has 8 nitrogen and oxygen atoms in total. The van der Waals surface area contributed by atoms with E-state index in [1.54, 1.807) is 17.8 Å². The Hall–Kier alpha value is -3.20. The van der Waals surface area contributed by atoms with Crippen LogP contribution in [0.5, 0.6) is 5.75 Å². The van der Waals surface area contributed by atoms with Crippen molar-refractivity contribution in [3.8, 4) is 17.0 Å². The molecule has 196 valence electrons. The van der Waals surface area contributed by atoms with Gasteiger partial charge in [0, 0.05) is 43.4 Å². The predicted octanol–water partition coefficient (Wildman–Crippen LogP) is 5.58. The zero-order valence-electron chi connectivity index (χ0n) is 21.8. The van der Waals surface area contributed by atoms with E-state index in [2.05, 4.69) is 38.8 Å². The van der Waals surface area contributed by atoms with E-state index in [0.29, 0.717) is 34.0 Å². The average molecular weight is 507 g/mol. The van der Waals surface area contributed by atoms with E-state index in [1.165, 1.54) is 25.6 Å². The Morgan fingerprint density at radius 2 is 1.89 bits per heavy atom. The van der Waals surface area contributed by atoms with Crippen LogP contribution < -0.4 is 9.64 Å². The van der Waals surface area contributed by atoms with Gasteiger partial charge in [-0.05, 0) is 61.5 Å². The first kappa shape index (κ1) is 24.2. The van der Waals surface area contributed by atoms with Crippen molar-refractivity contribution in [2.45, 2.75) is 51.9 Å². The lowest BCUT2D eigenvalue weighted by Gasteiger charge is -2.35. The molecular weight excluding hydrogens is 471 g/mol. The number of nitrogens with zero attached hydrogens (tertiary/aromatic N) is 5. The monoisotopic (exact) mass is 506 g/mol. The zero-order valence-corrected chi connectivity index (χ0v) is 21.8. The van der Waals surface area contributed by atoms with Gasteiger partial charge < -0.3 is 19.4 Å². The Bertz CT molecular complexity index is 1400. The molecule has 9 heteroatoms. The molecule has 0 unspecified atom stereocenters. The second-order valence-electron chi connectivity index (χ2n) is 10.8. The zero-order chi connectivity index (χ0) is 25.5. The Morgan fingerprint density at radius 3 is 2.62 bits per heavy atom. The van der Waals surface area contributed by atoms with E-state index in [4.69, 9.17) is 9.47 Å². The van der Waals surface area contributed by atoms with Crippen molar-refractivity contribution >= 4 is 22.4 Å². The number of hydrogen-bond acceptors (Lipinski definition) is 6. The van der Waals surface area contributed by atoms with E-state index >= 15 is 4.39 Å². The minimum Gasteiger partial charge on any atom is -0.493 e. The molecule has 0 atom stereocenters. The van der Waals surface area contributed by atoms with E-state index in [9.17, 15) is 0 Å². The summed E-state index contributed by atoms with van der Waals surface area (Å²) in [5, 5.41) is 4.91. The number of fused-ring (bicyclic) bond motifs is 2. The normalized spacial score (nSPS) is 17.9. The molecule has 37 heavy (non-hydrogen) atoms. The number of piperidine rings is 1. The number of aromatic amines is 1. The smallest absolute Gasteiger partial charge is 0.197 e. The maximum atomic E-state index is 16.2. The summed E-state index contributed by atoms with van der Waals surface area (Å²) in [6, 6.07) is 1.93. The third-order valence-corrected chi connectivity index (χ3v) is 8.15. The van der Waals surface area contributed by atoms with Gasteiger partial charge in [-0.2, -0.15) is 5.10 Å². The minimum absolute atomic E-state index is 0.0937. The summed E-state index contributed by atoms with van der Waals surface area (Å²) < 4.78 is 29.0. The SMILES string of the molecule is COc1cc(-c2[nH]c3cnc(N4CCC(CC5CCOCC5)CC4)c(F)c3c2C(C)C)cn2ncnc12. The topological polar surface area (TPSA) is 80.6 Å². The molecule has 4 aromatic rings. The molecule has 4 aromatic heterocycles. The lowest BCUT2D eigenvalue weighted by molar-refractivity contribution is 0.0571. The summed E-state index contributed by atoms with van der Waals surface area (Å²) in [6.07, 6.45) is 11.0. The number of rotatable bonds is 6. The van der Waals surface area contributed by atoms with Crippen LogP contribution in [0.15, 0.2) is 24.8 Å². The van der Waals surface area contributed by atoms with Crippen LogP contribution in [0.3, 0.4) is 0 Å². The van der Waals surface area contributed by atoms with Crippen molar-refractivity contribution in [3.63, 3.8) is 0 Å². The number of pyridine rings is 2. The van der Waals surface area contributed by atoms with Gasteiger partial charge in [0.05, 0.1) is 24.5 Å². The van der Waals surface area contributed by atoms with Gasteiger partial charge in [0.15, 0.2) is 23.0 Å². The molecule has 0 spiro atoms. The number of halogens is 1. The molecule has 6 heterocycles. The summed E-state index contributed by atoms with van der Waals surface area (Å²) in [5.74, 6) is 2.42. The van der Waals surface area contributed by atoms with Gasteiger partial charge in [0.1, 0.15) is 6.33 Å². The van der Waals surface area contributed by atoms with Crippen LogP contribution in [0.4, 0.5) is 10.2 Å². The van der Waals surface area contributed by atoms with Crippen molar-refractivity contribution in [1.82, 2.24) is 24.6 Å². The quantitative estimate of drug-likeness (QED) is 0.368. The summed E-state index contributed by atoms with van der Waals surface area (Å²) in [7, 11) is 1.62. The molecule has 2 aliphatic heterocycles. The van der Waals surface area contributed by atoms with Crippen LogP contribution in [0.1, 0.15) is 57.4 Å². The van der Waals surface area contributed by atoms with Crippen LogP contribution in [-0.4, -0.2) is 58.0 Å². The van der Waals surface area contributed by atoms with Gasteiger partial charge in [-0.1, -0.05) is 13.8 Å². The highest BCUT2D eigenvalue weighted by Crippen LogP contribution is 2.40. The number of anilines is 1. The molecular formula is C28H35FN6O2. The summed E-state index contributed by atoms with van der Waals surface area (Å²) in [4.78, 5) is 14.5. The highest BCUT2D eigenvalue weighted by atomic mass is 19.1. The number of aromatic nitrogens is 5. The van der Waals surface area contributed by atoms with Gasteiger partial charge in [-0.3, -0.25) is 0 Å². The number of methoxy groups -OCH3 is 1. The Morgan fingerprint density at radius 1 is 1.14 bits per heavy atom. The molecule has 0 radical (unpaired) electrons. The average Bonchev–Trinajstić information content (AvgIpc) is 3.55. The molecule has 0 aromatic carbocycles. The van der Waals surface area contributed by atoms with Crippen LogP contribution in [-0.2, 0) is 4.74 Å². The number of nitrogens with one attached hydrogen (secondary N) is 1. The van der Waals surface area contributed by atoms with Gasteiger partial charge in [-0.15, -0.1) is 0 Å². The molecule has 0 bridgehead atoms. The summed E-state index contributed by atoms with van der Waals surface area (Å²) in [6.45, 7) is 7.68. The Balaban J connectivity index is 1.31. The van der Waals surface area contributed by atoms with Crippen LogP contribution in [0, 0.1) is 17.7 Å². The Labute approximate surface area is 216 Å². The summed E-state index contributed by atoms with van der Waals surface area (Å²) >= 11 is 0. The predicted molar refractivity (Wildman–Crippen MR) is 142 cm³/mol. The van der Waals surface area contributed by atoms with Gasteiger partial charge >= 0.3 is 0 Å². The molecule has 2 saturated heterocycles.